The van der Waals surface area contributed by atoms with Gasteiger partial charge in [0.25, 0.3) is 0 Å². The zero-order valence-electron chi connectivity index (χ0n) is 27.5. The number of hydrogen-bond acceptors (Lipinski definition) is 4. The molecule has 0 aliphatic carbocycles. The molecule has 0 aliphatic rings. The predicted octanol–water partition coefficient (Wildman–Crippen LogP) is 11.3. The Labute approximate surface area is 294 Å². The van der Waals surface area contributed by atoms with Crippen molar-refractivity contribution in [1.29, 1.82) is 0 Å². The number of pyridine rings is 1. The number of aromatic nitrogens is 5. The molecule has 10 aromatic rings. The van der Waals surface area contributed by atoms with Gasteiger partial charge in [0, 0.05) is 54.9 Å². The van der Waals surface area contributed by atoms with Crippen LogP contribution in [0.2, 0.25) is 0 Å². The highest BCUT2D eigenvalue weighted by Gasteiger charge is 2.21. The van der Waals surface area contributed by atoms with Crippen LogP contribution in [0.5, 0.6) is 0 Å². The Bertz CT molecular complexity index is 2830. The second-order valence-corrected chi connectivity index (χ2v) is 12.7. The SMILES string of the molecule is c1ccc(-c2nc(-c3ccccc3)nc(-c3ccc4c(c3)c3ccc5c(-c6ccccc6)nc6ccccc6c5c3n4-c3ccccc3)n2)cc1. The quantitative estimate of drug-likeness (QED) is 0.174. The molecule has 5 nitrogen and oxygen atoms in total. The van der Waals surface area contributed by atoms with Crippen molar-refractivity contribution in [1.82, 2.24) is 24.5 Å². The molecule has 0 amide bonds. The molecule has 0 atom stereocenters. The highest BCUT2D eigenvalue weighted by molar-refractivity contribution is 6.27. The summed E-state index contributed by atoms with van der Waals surface area (Å²) >= 11 is 0. The third-order valence-corrected chi connectivity index (χ3v) is 9.61. The van der Waals surface area contributed by atoms with E-state index in [0.29, 0.717) is 17.5 Å². The van der Waals surface area contributed by atoms with Gasteiger partial charge in [0.05, 0.1) is 22.2 Å². The lowest BCUT2D eigenvalue weighted by Gasteiger charge is -2.14. The van der Waals surface area contributed by atoms with Gasteiger partial charge < -0.3 is 4.57 Å². The van der Waals surface area contributed by atoms with Gasteiger partial charge in [-0.25, -0.2) is 19.9 Å². The van der Waals surface area contributed by atoms with Crippen LogP contribution in [0.15, 0.2) is 176 Å². The first kappa shape index (κ1) is 29.0. The minimum Gasteiger partial charge on any atom is -0.309 e. The molecule has 0 spiro atoms. The van der Waals surface area contributed by atoms with E-state index in [1.807, 2.05) is 66.7 Å². The first-order valence-electron chi connectivity index (χ1n) is 17.1. The summed E-state index contributed by atoms with van der Waals surface area (Å²) in [6.45, 7) is 0. The van der Waals surface area contributed by atoms with Crippen molar-refractivity contribution in [3.8, 4) is 51.1 Å². The second kappa shape index (κ2) is 11.9. The number of rotatable bonds is 5. The number of para-hydroxylation sites is 2. The molecule has 0 aliphatic heterocycles. The van der Waals surface area contributed by atoms with E-state index in [9.17, 15) is 0 Å². The van der Waals surface area contributed by atoms with E-state index in [0.717, 1.165) is 71.7 Å². The van der Waals surface area contributed by atoms with Crippen LogP contribution in [-0.4, -0.2) is 24.5 Å². The van der Waals surface area contributed by atoms with E-state index in [2.05, 4.69) is 114 Å². The lowest BCUT2D eigenvalue weighted by atomic mass is 9.97. The van der Waals surface area contributed by atoms with Crippen LogP contribution in [0, 0.1) is 0 Å². The molecule has 7 aromatic carbocycles. The smallest absolute Gasteiger partial charge is 0.164 e. The monoisotopic (exact) mass is 651 g/mol. The van der Waals surface area contributed by atoms with Crippen LogP contribution in [0.3, 0.4) is 0 Å². The maximum absolute atomic E-state index is 5.23. The van der Waals surface area contributed by atoms with E-state index in [1.165, 1.54) is 5.39 Å². The Morgan fingerprint density at radius 3 is 1.53 bits per heavy atom. The van der Waals surface area contributed by atoms with Gasteiger partial charge in [0.1, 0.15) is 0 Å². The summed E-state index contributed by atoms with van der Waals surface area (Å²) < 4.78 is 2.40. The molecule has 0 radical (unpaired) electrons. The van der Waals surface area contributed by atoms with Crippen molar-refractivity contribution >= 4 is 43.5 Å². The van der Waals surface area contributed by atoms with Crippen LogP contribution in [-0.2, 0) is 0 Å². The molecule has 0 bridgehead atoms. The Kier molecular flexibility index (Phi) is 6.74. The fourth-order valence-electron chi connectivity index (χ4n) is 7.28. The number of benzene rings is 7. The van der Waals surface area contributed by atoms with Crippen LogP contribution in [0.1, 0.15) is 0 Å². The summed E-state index contributed by atoms with van der Waals surface area (Å²) in [7, 11) is 0. The van der Waals surface area contributed by atoms with E-state index in [1.54, 1.807) is 0 Å². The van der Waals surface area contributed by atoms with Gasteiger partial charge in [-0.2, -0.15) is 0 Å². The Morgan fingerprint density at radius 1 is 0.353 bits per heavy atom. The predicted molar refractivity (Wildman–Crippen MR) is 209 cm³/mol. The van der Waals surface area contributed by atoms with Crippen molar-refractivity contribution in [2.45, 2.75) is 0 Å². The molecule has 51 heavy (non-hydrogen) atoms. The molecule has 5 heteroatoms. The van der Waals surface area contributed by atoms with Crippen molar-refractivity contribution in [2.75, 3.05) is 0 Å². The van der Waals surface area contributed by atoms with Crippen LogP contribution < -0.4 is 0 Å². The molecule has 0 N–H and O–H groups in total. The van der Waals surface area contributed by atoms with Gasteiger partial charge in [0.15, 0.2) is 17.5 Å². The minimum atomic E-state index is 0.632. The molecule has 3 aromatic heterocycles. The van der Waals surface area contributed by atoms with E-state index in [4.69, 9.17) is 19.9 Å². The fraction of sp³-hybridized carbons (Fsp3) is 0. The van der Waals surface area contributed by atoms with E-state index >= 15 is 0 Å². The highest BCUT2D eigenvalue weighted by Crippen LogP contribution is 2.42. The van der Waals surface area contributed by atoms with Gasteiger partial charge in [-0.1, -0.05) is 140 Å². The van der Waals surface area contributed by atoms with Crippen molar-refractivity contribution in [2.24, 2.45) is 0 Å². The zero-order chi connectivity index (χ0) is 33.7. The first-order valence-corrected chi connectivity index (χ1v) is 17.1. The highest BCUT2D eigenvalue weighted by atomic mass is 15.0. The first-order chi connectivity index (χ1) is 25.3. The Hall–Kier alpha value is -6.98. The van der Waals surface area contributed by atoms with Crippen molar-refractivity contribution < 1.29 is 0 Å². The van der Waals surface area contributed by atoms with Gasteiger partial charge in [-0.05, 0) is 36.4 Å². The lowest BCUT2D eigenvalue weighted by Crippen LogP contribution is -2.00. The third kappa shape index (κ3) is 4.86. The molecular weight excluding hydrogens is 623 g/mol. The topological polar surface area (TPSA) is 56.5 Å². The number of hydrogen-bond donors (Lipinski definition) is 0. The van der Waals surface area contributed by atoms with Gasteiger partial charge in [-0.15, -0.1) is 0 Å². The Morgan fingerprint density at radius 2 is 0.882 bits per heavy atom. The average molecular weight is 652 g/mol. The van der Waals surface area contributed by atoms with Crippen LogP contribution in [0.25, 0.3) is 94.6 Å². The third-order valence-electron chi connectivity index (χ3n) is 9.61. The maximum atomic E-state index is 5.23. The standard InChI is InChI=1S/C46H29N5/c1-5-15-30(16-6-1)42-37-27-26-35-38-29-33(46-49-44(31-17-7-2-8-18-31)48-45(50-46)32-19-9-3-10-20-32)25-28-40(38)51(34-21-11-4-12-22-34)43(35)41(37)36-23-13-14-24-39(36)47-42/h1-29H. The summed E-state index contributed by atoms with van der Waals surface area (Å²) in [4.78, 5) is 20.2. The average Bonchev–Trinajstić information content (AvgIpc) is 3.55. The molecule has 0 saturated heterocycles. The number of fused-ring (bicyclic) bond motifs is 7. The minimum absolute atomic E-state index is 0.632. The second-order valence-electron chi connectivity index (χ2n) is 12.7. The fourth-order valence-corrected chi connectivity index (χ4v) is 7.28. The summed E-state index contributed by atoms with van der Waals surface area (Å²) in [6, 6.07) is 60.9. The molecule has 10 rings (SSSR count). The van der Waals surface area contributed by atoms with Crippen molar-refractivity contribution in [3.63, 3.8) is 0 Å². The zero-order valence-corrected chi connectivity index (χ0v) is 27.5. The molecular formula is C46H29N5. The van der Waals surface area contributed by atoms with E-state index in [-0.39, 0.29) is 0 Å². The maximum Gasteiger partial charge on any atom is 0.164 e. The van der Waals surface area contributed by atoms with Gasteiger partial charge in [0.2, 0.25) is 0 Å². The normalized spacial score (nSPS) is 11.5. The van der Waals surface area contributed by atoms with Gasteiger partial charge >= 0.3 is 0 Å². The van der Waals surface area contributed by atoms with Gasteiger partial charge in [-0.3, -0.25) is 0 Å². The molecule has 0 fully saturated rings. The van der Waals surface area contributed by atoms with Crippen molar-refractivity contribution in [3.05, 3.63) is 176 Å². The largest absolute Gasteiger partial charge is 0.309 e. The Balaban J connectivity index is 1.30. The summed E-state index contributed by atoms with van der Waals surface area (Å²) in [5.41, 5.74) is 9.20. The summed E-state index contributed by atoms with van der Waals surface area (Å²) in [5.74, 6) is 1.92. The molecule has 0 saturated carbocycles. The molecule has 3 heterocycles. The number of nitrogens with zero attached hydrogens (tertiary/aromatic N) is 5. The molecule has 0 unspecified atom stereocenters. The lowest BCUT2D eigenvalue weighted by molar-refractivity contribution is 1.07. The van der Waals surface area contributed by atoms with Crippen LogP contribution >= 0.6 is 0 Å². The summed E-state index contributed by atoms with van der Waals surface area (Å²) in [5, 5.41) is 5.69. The molecule has 238 valence electrons. The van der Waals surface area contributed by atoms with E-state index < -0.39 is 0 Å². The summed E-state index contributed by atoms with van der Waals surface area (Å²) in [6.07, 6.45) is 0. The van der Waals surface area contributed by atoms with Crippen LogP contribution in [0.4, 0.5) is 0 Å².